The Labute approximate surface area is 138 Å². The van der Waals surface area contributed by atoms with Crippen LogP contribution in [0.3, 0.4) is 0 Å². The number of carbonyl (C=O) groups excluding carboxylic acids is 1. The third-order valence-corrected chi connectivity index (χ3v) is 4.77. The van der Waals surface area contributed by atoms with E-state index >= 15 is 0 Å². The Bertz CT molecular complexity index is 513. The number of ether oxygens (including phenoxy) is 1. The van der Waals surface area contributed by atoms with Gasteiger partial charge in [-0.1, -0.05) is 31.0 Å². The number of urea groups is 1. The number of rotatable bonds is 7. The normalized spacial score (nSPS) is 17.5. The zero-order chi connectivity index (χ0) is 16.7. The first-order chi connectivity index (χ1) is 11.1. The first-order valence-electron chi connectivity index (χ1n) is 8.40. The summed E-state index contributed by atoms with van der Waals surface area (Å²) in [6.07, 6.45) is 5.01. The molecule has 1 atom stereocenters. The van der Waals surface area contributed by atoms with Crippen molar-refractivity contribution < 1.29 is 14.6 Å². The van der Waals surface area contributed by atoms with Gasteiger partial charge in [0.1, 0.15) is 5.75 Å². The molecule has 2 rings (SSSR count). The molecule has 1 aromatic carbocycles. The molecule has 1 fully saturated rings. The van der Waals surface area contributed by atoms with Gasteiger partial charge >= 0.3 is 6.03 Å². The van der Waals surface area contributed by atoms with Crippen LogP contribution in [-0.4, -0.2) is 37.4 Å². The van der Waals surface area contributed by atoms with E-state index in [1.165, 1.54) is 18.4 Å². The number of benzene rings is 1. The molecule has 0 radical (unpaired) electrons. The highest BCUT2D eigenvalue weighted by Crippen LogP contribution is 2.44. The number of aliphatic hydroxyl groups is 1. The topological polar surface area (TPSA) is 70.6 Å². The summed E-state index contributed by atoms with van der Waals surface area (Å²) in [5.74, 6) is 0.894. The minimum Gasteiger partial charge on any atom is -0.496 e. The zero-order valence-corrected chi connectivity index (χ0v) is 14.1. The van der Waals surface area contributed by atoms with Crippen molar-refractivity contribution in [2.24, 2.45) is 0 Å². The van der Waals surface area contributed by atoms with Crippen LogP contribution >= 0.6 is 0 Å². The molecule has 0 aromatic heterocycles. The molecule has 5 heteroatoms. The summed E-state index contributed by atoms with van der Waals surface area (Å²) in [7, 11) is 1.69. The second-order valence-corrected chi connectivity index (χ2v) is 6.43. The second kappa shape index (κ2) is 8.20. The van der Waals surface area contributed by atoms with Crippen LogP contribution in [0.5, 0.6) is 5.75 Å². The lowest BCUT2D eigenvalue weighted by atomic mass is 9.78. The Morgan fingerprint density at radius 1 is 1.35 bits per heavy atom. The molecule has 5 nitrogen and oxygen atoms in total. The Morgan fingerprint density at radius 3 is 2.70 bits per heavy atom. The molecular formula is C18H28N2O3. The lowest BCUT2D eigenvalue weighted by Crippen LogP contribution is -2.46. The maximum atomic E-state index is 12.1. The molecular weight excluding hydrogens is 292 g/mol. The van der Waals surface area contributed by atoms with Crippen molar-refractivity contribution in [3.63, 3.8) is 0 Å². The average Bonchev–Trinajstić information content (AvgIpc) is 3.03. The van der Waals surface area contributed by atoms with Gasteiger partial charge in [-0.15, -0.1) is 0 Å². The van der Waals surface area contributed by atoms with Crippen LogP contribution in [0, 0.1) is 0 Å². The summed E-state index contributed by atoms with van der Waals surface area (Å²) < 4.78 is 5.53. The predicted octanol–water partition coefficient (Wildman–Crippen LogP) is 2.58. The maximum Gasteiger partial charge on any atom is 0.315 e. The van der Waals surface area contributed by atoms with Crippen molar-refractivity contribution in [1.29, 1.82) is 0 Å². The molecule has 0 unspecified atom stereocenters. The van der Waals surface area contributed by atoms with Crippen LogP contribution in [0.25, 0.3) is 0 Å². The Morgan fingerprint density at radius 2 is 2.04 bits per heavy atom. The molecule has 0 bridgehead atoms. The van der Waals surface area contributed by atoms with E-state index in [1.807, 2.05) is 25.1 Å². The minimum atomic E-state index is -0.174. The van der Waals surface area contributed by atoms with Crippen LogP contribution in [0.1, 0.15) is 44.6 Å². The highest BCUT2D eigenvalue weighted by Gasteiger charge is 2.38. The number of nitrogens with one attached hydrogen (secondary N) is 2. The largest absolute Gasteiger partial charge is 0.496 e. The summed E-state index contributed by atoms with van der Waals surface area (Å²) in [5.41, 5.74) is 1.13. The van der Waals surface area contributed by atoms with E-state index in [9.17, 15) is 4.79 Å². The summed E-state index contributed by atoms with van der Waals surface area (Å²) in [6, 6.07) is 7.89. The molecule has 23 heavy (non-hydrogen) atoms. The molecule has 1 aromatic rings. The fourth-order valence-electron chi connectivity index (χ4n) is 3.47. The number of carbonyl (C=O) groups is 1. The van der Waals surface area contributed by atoms with Gasteiger partial charge in [0.25, 0.3) is 0 Å². The molecule has 1 saturated carbocycles. The van der Waals surface area contributed by atoms with Crippen molar-refractivity contribution in [3.8, 4) is 5.75 Å². The molecule has 1 aliphatic carbocycles. The quantitative estimate of drug-likeness (QED) is 0.723. The van der Waals surface area contributed by atoms with Crippen LogP contribution in [-0.2, 0) is 5.41 Å². The number of amides is 2. The van der Waals surface area contributed by atoms with E-state index in [0.29, 0.717) is 13.0 Å². The monoisotopic (exact) mass is 320 g/mol. The van der Waals surface area contributed by atoms with Crippen molar-refractivity contribution in [1.82, 2.24) is 10.6 Å². The van der Waals surface area contributed by atoms with E-state index in [0.717, 1.165) is 18.6 Å². The van der Waals surface area contributed by atoms with Crippen LogP contribution in [0.15, 0.2) is 24.3 Å². The SMILES string of the molecule is COc1ccccc1C1(CNC(=O)N[C@H](C)CCO)CCCC1. The van der Waals surface area contributed by atoms with Crippen LogP contribution in [0.4, 0.5) is 4.79 Å². The van der Waals surface area contributed by atoms with Crippen molar-refractivity contribution in [2.75, 3.05) is 20.3 Å². The van der Waals surface area contributed by atoms with E-state index < -0.39 is 0 Å². The van der Waals surface area contributed by atoms with Gasteiger partial charge in [0.05, 0.1) is 7.11 Å². The Balaban J connectivity index is 2.05. The van der Waals surface area contributed by atoms with Crippen LogP contribution < -0.4 is 15.4 Å². The van der Waals surface area contributed by atoms with E-state index in [4.69, 9.17) is 9.84 Å². The zero-order valence-electron chi connectivity index (χ0n) is 14.1. The average molecular weight is 320 g/mol. The first-order valence-corrected chi connectivity index (χ1v) is 8.40. The molecule has 3 N–H and O–H groups in total. The predicted molar refractivity (Wildman–Crippen MR) is 90.8 cm³/mol. The number of aliphatic hydroxyl groups excluding tert-OH is 1. The summed E-state index contributed by atoms with van der Waals surface area (Å²) in [6.45, 7) is 2.57. The lowest BCUT2D eigenvalue weighted by Gasteiger charge is -2.31. The van der Waals surface area contributed by atoms with Crippen molar-refractivity contribution in [2.45, 2.75) is 50.5 Å². The number of hydrogen-bond donors (Lipinski definition) is 3. The van der Waals surface area contributed by atoms with Gasteiger partial charge in [0.15, 0.2) is 0 Å². The van der Waals surface area contributed by atoms with E-state index in [-0.39, 0.29) is 24.1 Å². The standard InChI is InChI=1S/C18H28N2O3/c1-14(9-12-21)20-17(22)19-13-18(10-5-6-11-18)15-7-3-4-8-16(15)23-2/h3-4,7-8,14,21H,5-6,9-13H2,1-2H3,(H2,19,20,22)/t14-/m1/s1. The molecule has 0 heterocycles. The van der Waals surface area contributed by atoms with Gasteiger partial charge in [-0.05, 0) is 32.3 Å². The van der Waals surface area contributed by atoms with Crippen molar-refractivity contribution in [3.05, 3.63) is 29.8 Å². The van der Waals surface area contributed by atoms with Gasteiger partial charge in [-0.25, -0.2) is 4.79 Å². The highest BCUT2D eigenvalue weighted by molar-refractivity contribution is 5.74. The van der Waals surface area contributed by atoms with Crippen molar-refractivity contribution >= 4 is 6.03 Å². The van der Waals surface area contributed by atoms with Gasteiger partial charge < -0.3 is 20.5 Å². The van der Waals surface area contributed by atoms with Gasteiger partial charge in [0.2, 0.25) is 0 Å². The Hall–Kier alpha value is -1.75. The number of methoxy groups -OCH3 is 1. The van der Waals surface area contributed by atoms with Gasteiger partial charge in [-0.2, -0.15) is 0 Å². The molecule has 0 aliphatic heterocycles. The second-order valence-electron chi connectivity index (χ2n) is 6.43. The molecule has 1 aliphatic rings. The third kappa shape index (κ3) is 4.38. The fraction of sp³-hybridized carbons (Fsp3) is 0.611. The number of hydrogen-bond acceptors (Lipinski definition) is 3. The van der Waals surface area contributed by atoms with Gasteiger partial charge in [0, 0.05) is 30.2 Å². The van der Waals surface area contributed by atoms with E-state index in [1.54, 1.807) is 7.11 Å². The minimum absolute atomic E-state index is 0.0363. The molecule has 0 spiro atoms. The molecule has 2 amide bonds. The third-order valence-electron chi connectivity index (χ3n) is 4.77. The smallest absolute Gasteiger partial charge is 0.315 e. The maximum absolute atomic E-state index is 12.1. The van der Waals surface area contributed by atoms with E-state index in [2.05, 4.69) is 16.7 Å². The molecule has 0 saturated heterocycles. The molecule has 128 valence electrons. The lowest BCUT2D eigenvalue weighted by molar-refractivity contribution is 0.227. The van der Waals surface area contributed by atoms with Crippen LogP contribution in [0.2, 0.25) is 0 Å². The summed E-state index contributed by atoms with van der Waals surface area (Å²) >= 11 is 0. The highest BCUT2D eigenvalue weighted by atomic mass is 16.5. The first kappa shape index (κ1) is 17.6. The summed E-state index contributed by atoms with van der Waals surface area (Å²) in [4.78, 5) is 12.1. The number of para-hydroxylation sites is 1. The Kier molecular flexibility index (Phi) is 6.28. The summed E-state index contributed by atoms with van der Waals surface area (Å²) in [5, 5.41) is 14.8. The fourth-order valence-corrected chi connectivity index (χ4v) is 3.47. The van der Waals surface area contributed by atoms with Gasteiger partial charge in [-0.3, -0.25) is 0 Å².